The summed E-state index contributed by atoms with van der Waals surface area (Å²) in [6, 6.07) is 7.12. The topological polar surface area (TPSA) is 47.6 Å². The first-order valence-electron chi connectivity index (χ1n) is 5.84. The molecule has 0 spiro atoms. The molecule has 0 amide bonds. The van der Waals surface area contributed by atoms with Gasteiger partial charge in [0.15, 0.2) is 0 Å². The van der Waals surface area contributed by atoms with Gasteiger partial charge in [-0.25, -0.2) is 4.79 Å². The molecule has 18 heavy (non-hydrogen) atoms. The van der Waals surface area contributed by atoms with Crippen LogP contribution in [0.4, 0.5) is 0 Å². The second-order valence-electron chi connectivity index (χ2n) is 3.65. The third-order valence-electron chi connectivity index (χ3n) is 2.39. The fraction of sp³-hybridized carbons (Fsp3) is 0.462. The van der Waals surface area contributed by atoms with E-state index in [1.165, 1.54) is 0 Å². The van der Waals surface area contributed by atoms with Gasteiger partial charge >= 0.3 is 5.97 Å². The number of nitrogens with one attached hydrogen (secondary N) is 1. The van der Waals surface area contributed by atoms with Crippen LogP contribution in [-0.4, -0.2) is 32.8 Å². The molecule has 0 heterocycles. The lowest BCUT2D eigenvalue weighted by Gasteiger charge is -2.18. The van der Waals surface area contributed by atoms with Crippen LogP contribution < -0.4 is 5.32 Å². The van der Waals surface area contributed by atoms with Gasteiger partial charge in [-0.15, -0.1) is 0 Å². The maximum Gasteiger partial charge on any atom is 0.327 e. The van der Waals surface area contributed by atoms with E-state index in [1.54, 1.807) is 14.0 Å². The average Bonchev–Trinajstić information content (AvgIpc) is 2.36. The molecule has 0 aliphatic heterocycles. The van der Waals surface area contributed by atoms with Crippen LogP contribution in [0, 0.1) is 0 Å². The molecule has 1 N–H and O–H groups in total. The molecule has 1 rings (SSSR count). The summed E-state index contributed by atoms with van der Waals surface area (Å²) >= 11 is 3.45. The minimum Gasteiger partial charge on any atom is -0.465 e. The first-order valence-corrected chi connectivity index (χ1v) is 6.63. The van der Waals surface area contributed by atoms with Crippen molar-refractivity contribution in [1.82, 2.24) is 5.32 Å². The monoisotopic (exact) mass is 315 g/mol. The largest absolute Gasteiger partial charge is 0.465 e. The summed E-state index contributed by atoms with van der Waals surface area (Å²) in [5.41, 5.74) is 0.868. The zero-order valence-corrected chi connectivity index (χ0v) is 12.2. The number of halogens is 1. The van der Waals surface area contributed by atoms with Crippen LogP contribution in [0.1, 0.15) is 18.5 Å². The number of hydrogen-bond acceptors (Lipinski definition) is 4. The van der Waals surface area contributed by atoms with E-state index in [0.29, 0.717) is 19.8 Å². The van der Waals surface area contributed by atoms with Gasteiger partial charge in [0.25, 0.3) is 0 Å². The van der Waals surface area contributed by atoms with Gasteiger partial charge in [-0.05, 0) is 18.6 Å². The van der Waals surface area contributed by atoms with Gasteiger partial charge in [0.1, 0.15) is 6.04 Å². The molecule has 0 saturated heterocycles. The Morgan fingerprint density at radius 2 is 2.17 bits per heavy atom. The second kappa shape index (κ2) is 8.24. The Morgan fingerprint density at radius 3 is 2.78 bits per heavy atom. The Kier molecular flexibility index (Phi) is 6.93. The fourth-order valence-corrected chi connectivity index (χ4v) is 2.07. The van der Waals surface area contributed by atoms with E-state index in [4.69, 9.17) is 9.47 Å². The molecule has 0 aromatic heterocycles. The summed E-state index contributed by atoms with van der Waals surface area (Å²) in [4.78, 5) is 11.9. The SMILES string of the molecule is CCOC(=O)C(NCCOC)c1ccccc1Br. The lowest BCUT2D eigenvalue weighted by molar-refractivity contribution is -0.145. The van der Waals surface area contributed by atoms with E-state index < -0.39 is 6.04 Å². The molecule has 0 fully saturated rings. The van der Waals surface area contributed by atoms with Gasteiger partial charge in [-0.3, -0.25) is 5.32 Å². The Morgan fingerprint density at radius 1 is 1.44 bits per heavy atom. The maximum absolute atomic E-state index is 11.9. The first-order chi connectivity index (χ1) is 8.70. The summed E-state index contributed by atoms with van der Waals surface area (Å²) in [5.74, 6) is -0.277. The van der Waals surface area contributed by atoms with E-state index >= 15 is 0 Å². The van der Waals surface area contributed by atoms with Gasteiger partial charge in [0, 0.05) is 18.1 Å². The quantitative estimate of drug-likeness (QED) is 0.619. The Bertz CT molecular complexity index is 384. The highest BCUT2D eigenvalue weighted by molar-refractivity contribution is 9.10. The molecule has 100 valence electrons. The third kappa shape index (κ3) is 4.40. The molecule has 0 bridgehead atoms. The summed E-state index contributed by atoms with van der Waals surface area (Å²) in [6.07, 6.45) is 0. The minimum absolute atomic E-state index is 0.277. The van der Waals surface area contributed by atoms with E-state index in [2.05, 4.69) is 21.2 Å². The number of hydrogen-bond donors (Lipinski definition) is 1. The Labute approximate surface area is 116 Å². The van der Waals surface area contributed by atoms with Gasteiger partial charge in [0.05, 0.1) is 13.2 Å². The molecule has 0 radical (unpaired) electrons. The van der Waals surface area contributed by atoms with E-state index in [0.717, 1.165) is 10.0 Å². The molecule has 1 atom stereocenters. The normalized spacial score (nSPS) is 12.2. The highest BCUT2D eigenvalue weighted by Gasteiger charge is 2.22. The molecule has 0 aliphatic rings. The van der Waals surface area contributed by atoms with Crippen molar-refractivity contribution in [2.75, 3.05) is 26.9 Å². The second-order valence-corrected chi connectivity index (χ2v) is 4.51. The number of methoxy groups -OCH3 is 1. The number of benzene rings is 1. The van der Waals surface area contributed by atoms with Crippen LogP contribution in [0.2, 0.25) is 0 Å². The maximum atomic E-state index is 11.9. The van der Waals surface area contributed by atoms with E-state index in [9.17, 15) is 4.79 Å². The average molecular weight is 316 g/mol. The Hall–Kier alpha value is -0.910. The van der Waals surface area contributed by atoms with Crippen LogP contribution in [0.15, 0.2) is 28.7 Å². The van der Waals surface area contributed by atoms with Gasteiger partial charge in [-0.2, -0.15) is 0 Å². The van der Waals surface area contributed by atoms with Crippen LogP contribution in [-0.2, 0) is 14.3 Å². The molecule has 4 nitrogen and oxygen atoms in total. The molecular weight excluding hydrogens is 298 g/mol. The van der Waals surface area contributed by atoms with Crippen molar-refractivity contribution in [3.63, 3.8) is 0 Å². The van der Waals surface area contributed by atoms with Crippen LogP contribution in [0.5, 0.6) is 0 Å². The van der Waals surface area contributed by atoms with Crippen molar-refractivity contribution in [2.24, 2.45) is 0 Å². The van der Waals surface area contributed by atoms with Crippen molar-refractivity contribution >= 4 is 21.9 Å². The highest BCUT2D eigenvalue weighted by Crippen LogP contribution is 2.24. The van der Waals surface area contributed by atoms with Crippen LogP contribution >= 0.6 is 15.9 Å². The van der Waals surface area contributed by atoms with Gasteiger partial charge in [-0.1, -0.05) is 34.1 Å². The van der Waals surface area contributed by atoms with Crippen molar-refractivity contribution in [3.8, 4) is 0 Å². The summed E-state index contributed by atoms with van der Waals surface area (Å²) in [6.45, 7) is 3.29. The lowest BCUT2D eigenvalue weighted by Crippen LogP contribution is -2.32. The molecule has 5 heteroatoms. The minimum atomic E-state index is -0.476. The smallest absolute Gasteiger partial charge is 0.327 e. The highest BCUT2D eigenvalue weighted by atomic mass is 79.9. The predicted octanol–water partition coefficient (Wildman–Crippen LogP) is 2.29. The van der Waals surface area contributed by atoms with E-state index in [1.807, 2.05) is 24.3 Å². The molecule has 1 aromatic carbocycles. The van der Waals surface area contributed by atoms with Gasteiger partial charge < -0.3 is 9.47 Å². The summed E-state index contributed by atoms with van der Waals surface area (Å²) < 4.78 is 10.9. The van der Waals surface area contributed by atoms with Crippen molar-refractivity contribution in [1.29, 1.82) is 0 Å². The zero-order chi connectivity index (χ0) is 13.4. The molecule has 0 saturated carbocycles. The predicted molar refractivity (Wildman–Crippen MR) is 73.4 cm³/mol. The standard InChI is InChI=1S/C13H18BrNO3/c1-3-18-13(16)12(15-8-9-17-2)10-6-4-5-7-11(10)14/h4-7,12,15H,3,8-9H2,1-2H3. The van der Waals surface area contributed by atoms with Crippen LogP contribution in [0.3, 0.4) is 0 Å². The summed E-state index contributed by atoms with van der Waals surface area (Å²) in [7, 11) is 1.62. The Balaban J connectivity index is 2.82. The van der Waals surface area contributed by atoms with Crippen molar-refractivity contribution in [3.05, 3.63) is 34.3 Å². The van der Waals surface area contributed by atoms with Crippen molar-refractivity contribution in [2.45, 2.75) is 13.0 Å². The molecule has 1 unspecified atom stereocenters. The third-order valence-corrected chi connectivity index (χ3v) is 3.12. The molecule has 0 aliphatic carbocycles. The molecular formula is C13H18BrNO3. The van der Waals surface area contributed by atoms with Crippen molar-refractivity contribution < 1.29 is 14.3 Å². The number of esters is 1. The van der Waals surface area contributed by atoms with Gasteiger partial charge in [0.2, 0.25) is 0 Å². The number of rotatable bonds is 7. The number of carbonyl (C=O) groups is 1. The number of ether oxygens (including phenoxy) is 2. The van der Waals surface area contributed by atoms with E-state index in [-0.39, 0.29) is 5.97 Å². The van der Waals surface area contributed by atoms with Crippen LogP contribution in [0.25, 0.3) is 0 Å². The fourth-order valence-electron chi connectivity index (χ4n) is 1.56. The lowest BCUT2D eigenvalue weighted by atomic mass is 10.1. The zero-order valence-electron chi connectivity index (χ0n) is 10.6. The molecule has 1 aromatic rings. The first kappa shape index (κ1) is 15.1. The number of carbonyl (C=O) groups excluding carboxylic acids is 1. The summed E-state index contributed by atoms with van der Waals surface area (Å²) in [5, 5.41) is 3.13.